The van der Waals surface area contributed by atoms with Gasteiger partial charge in [-0.2, -0.15) is 5.11 Å². The van der Waals surface area contributed by atoms with Crippen LogP contribution in [0.5, 0.6) is 5.75 Å². The molecule has 0 atom stereocenters. The number of carbonyl (C=O) groups excluding carboxylic acids is 3. The molecule has 158 valence electrons. The highest BCUT2D eigenvalue weighted by Crippen LogP contribution is 2.13. The standard InChI is InChI=1S/C21H23N3O6/c1-28-10-11-29-20(26)14-30-18-8-6-16(7-9-18)19(25)13-23-21(27)17-4-2-15(3-5-17)12-24-22/h2-9,22H,10-14H2,1H3,(H,23,27). The summed E-state index contributed by atoms with van der Waals surface area (Å²) in [7, 11) is 1.51. The Labute approximate surface area is 173 Å². The fourth-order valence-corrected chi connectivity index (χ4v) is 2.38. The number of methoxy groups -OCH3 is 1. The largest absolute Gasteiger partial charge is 0.482 e. The van der Waals surface area contributed by atoms with Gasteiger partial charge in [0.2, 0.25) is 0 Å². The highest BCUT2D eigenvalue weighted by molar-refractivity contribution is 6.02. The lowest BCUT2D eigenvalue weighted by molar-refractivity contribution is -0.147. The lowest BCUT2D eigenvalue weighted by Gasteiger charge is -2.08. The van der Waals surface area contributed by atoms with Crippen molar-refractivity contribution in [2.45, 2.75) is 6.54 Å². The topological polar surface area (TPSA) is 127 Å². The van der Waals surface area contributed by atoms with Gasteiger partial charge in [-0.15, -0.1) is 0 Å². The first-order valence-electron chi connectivity index (χ1n) is 9.14. The molecule has 9 nitrogen and oxygen atoms in total. The first-order valence-corrected chi connectivity index (χ1v) is 9.14. The number of rotatable bonds is 12. The van der Waals surface area contributed by atoms with Crippen LogP contribution in [0.2, 0.25) is 0 Å². The van der Waals surface area contributed by atoms with E-state index in [-0.39, 0.29) is 38.0 Å². The Bertz CT molecular complexity index is 865. The van der Waals surface area contributed by atoms with Gasteiger partial charge < -0.3 is 19.5 Å². The van der Waals surface area contributed by atoms with Crippen LogP contribution in [0, 0.1) is 5.53 Å². The van der Waals surface area contributed by atoms with Crippen molar-refractivity contribution in [1.82, 2.24) is 5.32 Å². The van der Waals surface area contributed by atoms with E-state index in [0.29, 0.717) is 23.5 Å². The zero-order valence-electron chi connectivity index (χ0n) is 16.6. The van der Waals surface area contributed by atoms with Crippen LogP contribution >= 0.6 is 0 Å². The molecule has 30 heavy (non-hydrogen) atoms. The third-order valence-corrected chi connectivity index (χ3v) is 3.97. The molecule has 0 saturated heterocycles. The summed E-state index contributed by atoms with van der Waals surface area (Å²) in [6, 6.07) is 12.9. The molecular formula is C21H23N3O6. The molecule has 9 heteroatoms. The maximum Gasteiger partial charge on any atom is 0.344 e. The molecule has 0 fully saturated rings. The second kappa shape index (κ2) is 12.1. The Morgan fingerprint density at radius 3 is 2.27 bits per heavy atom. The fourth-order valence-electron chi connectivity index (χ4n) is 2.38. The maximum absolute atomic E-state index is 12.3. The van der Waals surface area contributed by atoms with Gasteiger partial charge in [0.15, 0.2) is 12.4 Å². The lowest BCUT2D eigenvalue weighted by atomic mass is 10.1. The van der Waals surface area contributed by atoms with Crippen molar-refractivity contribution in [3.63, 3.8) is 0 Å². The molecule has 0 aliphatic heterocycles. The van der Waals surface area contributed by atoms with E-state index in [2.05, 4.69) is 10.4 Å². The van der Waals surface area contributed by atoms with Gasteiger partial charge >= 0.3 is 5.97 Å². The number of nitrogens with zero attached hydrogens (tertiary/aromatic N) is 1. The average molecular weight is 413 g/mol. The molecular weight excluding hydrogens is 390 g/mol. The van der Waals surface area contributed by atoms with Gasteiger partial charge in [-0.25, -0.2) is 10.3 Å². The van der Waals surface area contributed by atoms with Crippen molar-refractivity contribution in [2.75, 3.05) is 33.5 Å². The number of carbonyl (C=O) groups is 3. The Morgan fingerprint density at radius 1 is 0.967 bits per heavy atom. The summed E-state index contributed by atoms with van der Waals surface area (Å²) in [5.74, 6) is -0.737. The SMILES string of the molecule is COCCOC(=O)COc1ccc(C(=O)CNC(=O)c2ccc(CN=N)cc2)cc1. The normalized spacial score (nSPS) is 10.2. The molecule has 0 heterocycles. The highest BCUT2D eigenvalue weighted by atomic mass is 16.6. The van der Waals surface area contributed by atoms with E-state index in [0.717, 1.165) is 5.56 Å². The van der Waals surface area contributed by atoms with E-state index in [4.69, 9.17) is 19.7 Å². The summed E-state index contributed by atoms with van der Waals surface area (Å²) < 4.78 is 15.0. The number of amides is 1. The summed E-state index contributed by atoms with van der Waals surface area (Å²) in [5, 5.41) is 5.86. The molecule has 0 spiro atoms. The monoisotopic (exact) mass is 413 g/mol. The number of benzene rings is 2. The molecule has 2 rings (SSSR count). The second-order valence-electron chi connectivity index (χ2n) is 6.15. The first-order chi connectivity index (χ1) is 14.5. The highest BCUT2D eigenvalue weighted by Gasteiger charge is 2.11. The minimum Gasteiger partial charge on any atom is -0.482 e. The summed E-state index contributed by atoms with van der Waals surface area (Å²) in [6.07, 6.45) is 0. The van der Waals surface area contributed by atoms with E-state index in [9.17, 15) is 14.4 Å². The number of hydrogen-bond donors (Lipinski definition) is 2. The van der Waals surface area contributed by atoms with Crippen molar-refractivity contribution < 1.29 is 28.6 Å². The van der Waals surface area contributed by atoms with Crippen LogP contribution in [0.1, 0.15) is 26.3 Å². The van der Waals surface area contributed by atoms with Crippen LogP contribution in [0.3, 0.4) is 0 Å². The molecule has 0 aliphatic carbocycles. The minimum atomic E-state index is -0.517. The van der Waals surface area contributed by atoms with Crippen LogP contribution in [0.4, 0.5) is 0 Å². The van der Waals surface area contributed by atoms with E-state index in [1.807, 2.05) is 0 Å². The third-order valence-electron chi connectivity index (χ3n) is 3.97. The predicted octanol–water partition coefficient (Wildman–Crippen LogP) is 2.40. The zero-order valence-corrected chi connectivity index (χ0v) is 16.6. The summed E-state index contributed by atoms with van der Waals surface area (Å²) in [4.78, 5) is 35.9. The van der Waals surface area contributed by atoms with Crippen molar-refractivity contribution >= 4 is 17.7 Å². The average Bonchev–Trinajstić information content (AvgIpc) is 2.77. The van der Waals surface area contributed by atoms with Gasteiger partial charge in [0.1, 0.15) is 12.4 Å². The lowest BCUT2D eigenvalue weighted by Crippen LogP contribution is -2.29. The van der Waals surface area contributed by atoms with Crippen LogP contribution in [-0.4, -0.2) is 51.1 Å². The first kappa shape index (κ1) is 22.7. The molecule has 0 radical (unpaired) electrons. The van der Waals surface area contributed by atoms with Gasteiger partial charge in [-0.05, 0) is 42.0 Å². The van der Waals surface area contributed by atoms with Crippen LogP contribution in [0.15, 0.2) is 53.6 Å². The molecule has 0 saturated carbocycles. The third kappa shape index (κ3) is 7.44. The number of esters is 1. The molecule has 2 aromatic carbocycles. The molecule has 0 bridgehead atoms. The van der Waals surface area contributed by atoms with Gasteiger partial charge in [0, 0.05) is 18.2 Å². The molecule has 0 aliphatic rings. The predicted molar refractivity (Wildman–Crippen MR) is 107 cm³/mol. The van der Waals surface area contributed by atoms with E-state index < -0.39 is 5.97 Å². The van der Waals surface area contributed by atoms with E-state index >= 15 is 0 Å². The summed E-state index contributed by atoms with van der Waals surface area (Å²) in [5.41, 5.74) is 8.47. The van der Waals surface area contributed by atoms with Gasteiger partial charge in [0.25, 0.3) is 5.91 Å². The Hall–Kier alpha value is -3.59. The number of nitrogens with one attached hydrogen (secondary N) is 2. The van der Waals surface area contributed by atoms with Crippen LogP contribution in [0.25, 0.3) is 0 Å². The van der Waals surface area contributed by atoms with E-state index in [1.54, 1.807) is 48.5 Å². The maximum atomic E-state index is 12.3. The summed E-state index contributed by atoms with van der Waals surface area (Å²) >= 11 is 0. The van der Waals surface area contributed by atoms with Crippen molar-refractivity contribution in [3.05, 3.63) is 65.2 Å². The molecule has 2 N–H and O–H groups in total. The van der Waals surface area contributed by atoms with Crippen molar-refractivity contribution in [3.8, 4) is 5.75 Å². The van der Waals surface area contributed by atoms with Gasteiger partial charge in [-0.1, -0.05) is 12.1 Å². The molecule has 1 amide bonds. The number of ether oxygens (including phenoxy) is 3. The Morgan fingerprint density at radius 2 is 1.63 bits per heavy atom. The molecule has 2 aromatic rings. The Kier molecular flexibility index (Phi) is 9.14. The number of ketones is 1. The quantitative estimate of drug-likeness (QED) is 0.238. The van der Waals surface area contributed by atoms with Crippen molar-refractivity contribution in [2.24, 2.45) is 5.11 Å². The summed E-state index contributed by atoms with van der Waals surface area (Å²) in [6.45, 7) is 0.321. The molecule has 0 aromatic heterocycles. The molecule has 0 unspecified atom stereocenters. The Balaban J connectivity index is 1.79. The van der Waals surface area contributed by atoms with Gasteiger partial charge in [-0.3, -0.25) is 9.59 Å². The smallest absolute Gasteiger partial charge is 0.344 e. The van der Waals surface area contributed by atoms with E-state index in [1.165, 1.54) is 7.11 Å². The van der Waals surface area contributed by atoms with Crippen molar-refractivity contribution in [1.29, 1.82) is 5.53 Å². The number of hydrogen-bond acceptors (Lipinski definition) is 8. The van der Waals surface area contributed by atoms with Crippen LogP contribution < -0.4 is 10.1 Å². The zero-order chi connectivity index (χ0) is 21.8. The second-order valence-corrected chi connectivity index (χ2v) is 6.15. The van der Waals surface area contributed by atoms with Gasteiger partial charge in [0.05, 0.1) is 19.7 Å². The van der Waals surface area contributed by atoms with Crippen LogP contribution in [-0.2, 0) is 20.8 Å². The fraction of sp³-hybridized carbons (Fsp3) is 0.286. The number of Topliss-reactive ketones (excluding diaryl/α,β-unsaturated/α-hetero) is 1. The minimum absolute atomic E-state index is 0.156.